The van der Waals surface area contributed by atoms with Crippen molar-refractivity contribution in [1.29, 1.82) is 0 Å². The molecule has 1 aliphatic heterocycles. The molecule has 8 heteroatoms. The zero-order valence-electron chi connectivity index (χ0n) is 19.8. The van der Waals surface area contributed by atoms with Crippen LogP contribution in [-0.4, -0.2) is 51.9 Å². The topological polar surface area (TPSA) is 89.9 Å². The molecule has 1 saturated heterocycles. The molecule has 2 aliphatic rings. The van der Waals surface area contributed by atoms with E-state index in [1.54, 1.807) is 22.7 Å². The van der Waals surface area contributed by atoms with Gasteiger partial charge in [-0.2, -0.15) is 0 Å². The first-order chi connectivity index (χ1) is 16.9. The molecule has 3 heterocycles. The van der Waals surface area contributed by atoms with E-state index >= 15 is 0 Å². The number of ether oxygens (including phenoxy) is 1. The Labute approximate surface area is 210 Å². The number of benzene rings is 1. The summed E-state index contributed by atoms with van der Waals surface area (Å²) in [5, 5.41) is 0.710. The Morgan fingerprint density at radius 3 is 2.51 bits per heavy atom. The number of amides is 2. The van der Waals surface area contributed by atoms with Gasteiger partial charge in [-0.25, -0.2) is 4.98 Å². The standard InChI is InChI=1S/C27H31ClN4O3/c28-20-10-8-19(9-11-20)27(12-14-35-15-13-27)18-32(22-4-1-2-5-22)25(33)16-21-17-31-23(26(29)34)6-3-7-24(31)30-21/h3,6-11,17,22H,1-2,4-5,12-16,18H2,(H2,29,34). The average Bonchev–Trinajstić information content (AvgIpc) is 3.53. The third-order valence-corrected chi connectivity index (χ3v) is 7.84. The smallest absolute Gasteiger partial charge is 0.265 e. The monoisotopic (exact) mass is 494 g/mol. The number of primary amides is 1. The molecule has 3 aromatic rings. The molecule has 1 aromatic carbocycles. The van der Waals surface area contributed by atoms with Crippen LogP contribution < -0.4 is 5.73 Å². The van der Waals surface area contributed by atoms with E-state index in [1.807, 2.05) is 18.2 Å². The number of carbonyl (C=O) groups is 2. The van der Waals surface area contributed by atoms with Gasteiger partial charge in [0.15, 0.2) is 0 Å². The Bertz CT molecular complexity index is 1210. The van der Waals surface area contributed by atoms with Crippen LogP contribution in [0.3, 0.4) is 0 Å². The van der Waals surface area contributed by atoms with Gasteiger partial charge in [-0.15, -0.1) is 0 Å². The highest BCUT2D eigenvalue weighted by molar-refractivity contribution is 6.30. The molecule has 2 N–H and O–H groups in total. The number of hydrogen-bond donors (Lipinski definition) is 1. The van der Waals surface area contributed by atoms with Gasteiger partial charge in [0.25, 0.3) is 5.91 Å². The van der Waals surface area contributed by atoms with Crippen LogP contribution in [0.2, 0.25) is 5.02 Å². The van der Waals surface area contributed by atoms with Gasteiger partial charge in [0, 0.05) is 42.4 Å². The summed E-state index contributed by atoms with van der Waals surface area (Å²) in [6.07, 6.45) is 7.99. The number of halogens is 1. The molecule has 1 aliphatic carbocycles. The minimum absolute atomic E-state index is 0.0701. The Balaban J connectivity index is 1.44. The first-order valence-electron chi connectivity index (χ1n) is 12.4. The largest absolute Gasteiger partial charge is 0.381 e. The van der Waals surface area contributed by atoms with Crippen LogP contribution in [0, 0.1) is 0 Å². The van der Waals surface area contributed by atoms with E-state index < -0.39 is 5.91 Å². The van der Waals surface area contributed by atoms with Crippen molar-refractivity contribution in [1.82, 2.24) is 14.3 Å². The Hall–Kier alpha value is -2.90. The highest BCUT2D eigenvalue weighted by Gasteiger charge is 2.40. The SMILES string of the molecule is NC(=O)c1cccc2nc(CC(=O)N(CC3(c4ccc(Cl)cc4)CCOCC3)C3CCCC3)cn12. The second-order valence-electron chi connectivity index (χ2n) is 9.77. The van der Waals surface area contributed by atoms with E-state index in [2.05, 4.69) is 22.0 Å². The van der Waals surface area contributed by atoms with E-state index in [1.165, 1.54) is 5.56 Å². The molecule has 2 aromatic heterocycles. The number of rotatable bonds is 7. The molecule has 0 radical (unpaired) electrons. The summed E-state index contributed by atoms with van der Waals surface area (Å²) in [4.78, 5) is 32.4. The van der Waals surface area contributed by atoms with Crippen LogP contribution in [0.1, 0.15) is 60.3 Å². The lowest BCUT2D eigenvalue weighted by molar-refractivity contribution is -0.134. The van der Waals surface area contributed by atoms with Gasteiger partial charge in [-0.1, -0.05) is 42.6 Å². The summed E-state index contributed by atoms with van der Waals surface area (Å²) in [5.41, 5.74) is 8.16. The van der Waals surface area contributed by atoms with Gasteiger partial charge < -0.3 is 15.4 Å². The van der Waals surface area contributed by atoms with Crippen LogP contribution in [0.5, 0.6) is 0 Å². The van der Waals surface area contributed by atoms with Crippen LogP contribution in [0.4, 0.5) is 0 Å². The van der Waals surface area contributed by atoms with Crippen LogP contribution in [-0.2, 0) is 21.4 Å². The fourth-order valence-electron chi connectivity index (χ4n) is 5.67. The highest BCUT2D eigenvalue weighted by Crippen LogP contribution is 2.38. The van der Waals surface area contributed by atoms with Crippen LogP contribution in [0.15, 0.2) is 48.7 Å². The van der Waals surface area contributed by atoms with Crippen molar-refractivity contribution in [2.75, 3.05) is 19.8 Å². The highest BCUT2D eigenvalue weighted by atomic mass is 35.5. The number of hydrogen-bond acceptors (Lipinski definition) is 4. The summed E-state index contributed by atoms with van der Waals surface area (Å²) in [6.45, 7) is 2.01. The van der Waals surface area contributed by atoms with Crippen molar-refractivity contribution in [3.8, 4) is 0 Å². The first kappa shape index (κ1) is 23.8. The second-order valence-corrected chi connectivity index (χ2v) is 10.2. The van der Waals surface area contributed by atoms with Gasteiger partial charge >= 0.3 is 0 Å². The quantitative estimate of drug-likeness (QED) is 0.534. The number of nitrogens with two attached hydrogens (primary N) is 1. The average molecular weight is 495 g/mol. The normalized spacial score (nSPS) is 18.1. The summed E-state index contributed by atoms with van der Waals surface area (Å²) in [5.74, 6) is -0.455. The van der Waals surface area contributed by atoms with Crippen molar-refractivity contribution in [2.24, 2.45) is 5.73 Å². The molecule has 7 nitrogen and oxygen atoms in total. The van der Waals surface area contributed by atoms with Gasteiger partial charge in [-0.3, -0.25) is 14.0 Å². The predicted octanol–water partition coefficient (Wildman–Crippen LogP) is 4.15. The number of pyridine rings is 1. The number of fused-ring (bicyclic) bond motifs is 1. The fraction of sp³-hybridized carbons (Fsp3) is 0.444. The summed E-state index contributed by atoms with van der Waals surface area (Å²) < 4.78 is 7.38. The molecule has 1 saturated carbocycles. The molecule has 5 rings (SSSR count). The van der Waals surface area contributed by atoms with Crippen molar-refractivity contribution >= 4 is 29.1 Å². The van der Waals surface area contributed by atoms with Crippen molar-refractivity contribution in [3.05, 3.63) is 70.6 Å². The summed E-state index contributed by atoms with van der Waals surface area (Å²) >= 11 is 6.18. The molecule has 0 bridgehead atoms. The third kappa shape index (κ3) is 4.93. The predicted molar refractivity (Wildman–Crippen MR) is 135 cm³/mol. The number of nitrogens with zero attached hydrogens (tertiary/aromatic N) is 3. The lowest BCUT2D eigenvalue weighted by Gasteiger charge is -2.43. The molecule has 35 heavy (non-hydrogen) atoms. The van der Waals surface area contributed by atoms with Crippen LogP contribution >= 0.6 is 11.6 Å². The lowest BCUT2D eigenvalue weighted by atomic mass is 9.73. The van der Waals surface area contributed by atoms with Gasteiger partial charge in [-0.05, 0) is 55.5 Å². The van der Waals surface area contributed by atoms with Gasteiger partial charge in [0.1, 0.15) is 11.3 Å². The number of aromatic nitrogens is 2. The summed E-state index contributed by atoms with van der Waals surface area (Å²) in [6, 6.07) is 13.5. The number of carbonyl (C=O) groups excluding carboxylic acids is 2. The molecular weight excluding hydrogens is 464 g/mol. The Morgan fingerprint density at radius 1 is 1.11 bits per heavy atom. The lowest BCUT2D eigenvalue weighted by Crippen LogP contribution is -2.50. The van der Waals surface area contributed by atoms with Gasteiger partial charge in [0.2, 0.25) is 5.91 Å². The maximum absolute atomic E-state index is 13.8. The van der Waals surface area contributed by atoms with Crippen molar-refractivity contribution in [3.63, 3.8) is 0 Å². The zero-order valence-corrected chi connectivity index (χ0v) is 20.5. The Kier molecular flexibility index (Phi) is 6.80. The first-order valence-corrected chi connectivity index (χ1v) is 12.7. The molecular formula is C27H31ClN4O3. The molecule has 184 valence electrons. The van der Waals surface area contributed by atoms with Crippen molar-refractivity contribution < 1.29 is 14.3 Å². The maximum atomic E-state index is 13.8. The fourth-order valence-corrected chi connectivity index (χ4v) is 5.80. The maximum Gasteiger partial charge on any atom is 0.265 e. The van der Waals surface area contributed by atoms with E-state index in [0.717, 1.165) is 38.5 Å². The molecule has 0 atom stereocenters. The second kappa shape index (κ2) is 9.99. The van der Waals surface area contributed by atoms with Crippen molar-refractivity contribution in [2.45, 2.75) is 56.4 Å². The molecule has 2 amide bonds. The minimum atomic E-state index is -0.525. The zero-order chi connectivity index (χ0) is 24.4. The van der Waals surface area contributed by atoms with E-state index in [0.29, 0.717) is 41.8 Å². The van der Waals surface area contributed by atoms with E-state index in [9.17, 15) is 9.59 Å². The molecule has 0 unspecified atom stereocenters. The molecule has 2 fully saturated rings. The minimum Gasteiger partial charge on any atom is -0.381 e. The number of imidazole rings is 1. The van der Waals surface area contributed by atoms with Gasteiger partial charge in [0.05, 0.1) is 12.1 Å². The van der Waals surface area contributed by atoms with E-state index in [-0.39, 0.29) is 23.8 Å². The molecule has 0 spiro atoms. The third-order valence-electron chi connectivity index (χ3n) is 7.59. The van der Waals surface area contributed by atoms with E-state index in [4.69, 9.17) is 22.1 Å². The van der Waals surface area contributed by atoms with Crippen LogP contribution in [0.25, 0.3) is 5.65 Å². The Morgan fingerprint density at radius 2 is 1.83 bits per heavy atom. The summed E-state index contributed by atoms with van der Waals surface area (Å²) in [7, 11) is 0.